The average molecular weight is 476 g/mol. The van der Waals surface area contributed by atoms with Crippen molar-refractivity contribution in [2.45, 2.75) is 45.8 Å². The van der Waals surface area contributed by atoms with Crippen LogP contribution in [0.1, 0.15) is 38.3 Å². The first-order valence-corrected chi connectivity index (χ1v) is 11.1. The van der Waals surface area contributed by atoms with Gasteiger partial charge in [0.1, 0.15) is 11.6 Å². The Morgan fingerprint density at radius 1 is 1.20 bits per heavy atom. The second-order valence-corrected chi connectivity index (χ2v) is 9.20. The molecule has 2 amide bonds. The van der Waals surface area contributed by atoms with E-state index in [1.807, 2.05) is 6.07 Å². The predicted octanol–water partition coefficient (Wildman–Crippen LogP) is 3.93. The smallest absolute Gasteiger partial charge is 0.412 e. The molecule has 35 heavy (non-hydrogen) atoms. The van der Waals surface area contributed by atoms with Crippen LogP contribution in [0.5, 0.6) is 0 Å². The third-order valence-electron chi connectivity index (χ3n) is 5.51. The van der Waals surface area contributed by atoms with Crippen molar-refractivity contribution in [1.29, 1.82) is 5.26 Å². The van der Waals surface area contributed by atoms with Gasteiger partial charge in [0.2, 0.25) is 5.91 Å². The normalized spacial score (nSPS) is 15.7. The number of carbonyl (C=O) groups excluding carboxylic acids is 2. The molecule has 10 nitrogen and oxygen atoms in total. The summed E-state index contributed by atoms with van der Waals surface area (Å²) >= 11 is 0. The van der Waals surface area contributed by atoms with Crippen LogP contribution in [-0.2, 0) is 9.53 Å². The summed E-state index contributed by atoms with van der Waals surface area (Å²) in [4.78, 5) is 43.8. The van der Waals surface area contributed by atoms with Crippen LogP contribution in [0.4, 0.5) is 22.2 Å². The van der Waals surface area contributed by atoms with E-state index in [2.05, 4.69) is 15.6 Å². The minimum atomic E-state index is -0.663. The first kappa shape index (κ1) is 23.8. The summed E-state index contributed by atoms with van der Waals surface area (Å²) in [7, 11) is 0. The molecular formula is C25H25N5O5. The highest BCUT2D eigenvalue weighted by molar-refractivity contribution is 6.01. The van der Waals surface area contributed by atoms with Gasteiger partial charge in [-0.05, 0) is 76.1 Å². The Balaban J connectivity index is 1.53. The maximum absolute atomic E-state index is 12.9. The molecule has 0 bridgehead atoms. The van der Waals surface area contributed by atoms with Crippen molar-refractivity contribution < 1.29 is 18.7 Å². The van der Waals surface area contributed by atoms with Gasteiger partial charge in [0.25, 0.3) is 6.01 Å². The van der Waals surface area contributed by atoms with Crippen molar-refractivity contribution >= 4 is 40.3 Å². The molecule has 0 saturated carbocycles. The van der Waals surface area contributed by atoms with E-state index < -0.39 is 23.4 Å². The molecule has 1 aromatic heterocycles. The van der Waals surface area contributed by atoms with Gasteiger partial charge in [-0.25, -0.2) is 9.59 Å². The standard InChI is InChI=1S/C25H25N5O5/c1-14-17(29-24(33)35-25(2,3)4)9-10-18-20(14)22(32)34-23(27-18)28-19-11-12-30(21(19)31)16-7-5-15(13-26)6-8-16/h5-10,19H,11-12H2,1-4H3,(H,27,28)(H,29,33)/t19-/m0/s1. The van der Waals surface area contributed by atoms with Crippen LogP contribution in [0.3, 0.4) is 0 Å². The van der Waals surface area contributed by atoms with Gasteiger partial charge in [-0.1, -0.05) is 0 Å². The molecular weight excluding hydrogens is 450 g/mol. The minimum Gasteiger partial charge on any atom is -0.444 e. The molecule has 0 spiro atoms. The summed E-state index contributed by atoms with van der Waals surface area (Å²) in [5.41, 5.74) is 1.16. The van der Waals surface area contributed by atoms with Crippen LogP contribution >= 0.6 is 0 Å². The summed E-state index contributed by atoms with van der Waals surface area (Å²) < 4.78 is 10.6. The monoisotopic (exact) mass is 475 g/mol. The Hall–Kier alpha value is -4.39. The van der Waals surface area contributed by atoms with Gasteiger partial charge < -0.3 is 19.4 Å². The van der Waals surface area contributed by atoms with Crippen LogP contribution in [0.25, 0.3) is 10.9 Å². The molecule has 3 aromatic rings. The van der Waals surface area contributed by atoms with E-state index in [9.17, 15) is 14.4 Å². The Labute approximate surface area is 201 Å². The third kappa shape index (κ3) is 5.09. The number of benzene rings is 2. The topological polar surface area (TPSA) is 138 Å². The number of nitriles is 1. The fraction of sp³-hybridized carbons (Fsp3) is 0.320. The van der Waals surface area contributed by atoms with E-state index in [4.69, 9.17) is 14.4 Å². The maximum atomic E-state index is 12.9. The molecule has 0 unspecified atom stereocenters. The molecule has 0 radical (unpaired) electrons. The summed E-state index contributed by atoms with van der Waals surface area (Å²) in [5.74, 6) is -0.188. The van der Waals surface area contributed by atoms with Crippen LogP contribution < -0.4 is 21.2 Å². The summed E-state index contributed by atoms with van der Waals surface area (Å²) in [6.45, 7) is 7.42. The molecule has 1 aliphatic rings. The lowest BCUT2D eigenvalue weighted by Crippen LogP contribution is -2.33. The average Bonchev–Trinajstić information content (AvgIpc) is 3.14. The van der Waals surface area contributed by atoms with Gasteiger partial charge in [-0.3, -0.25) is 10.1 Å². The van der Waals surface area contributed by atoms with Crippen molar-refractivity contribution in [3.8, 4) is 6.07 Å². The zero-order chi connectivity index (χ0) is 25.3. The number of amides is 2. The lowest BCUT2D eigenvalue weighted by Gasteiger charge is -2.20. The summed E-state index contributed by atoms with van der Waals surface area (Å²) in [6.07, 6.45) is -0.151. The molecule has 1 saturated heterocycles. The lowest BCUT2D eigenvalue weighted by molar-refractivity contribution is -0.117. The van der Waals surface area contributed by atoms with E-state index >= 15 is 0 Å². The summed E-state index contributed by atoms with van der Waals surface area (Å²) in [5, 5.41) is 14.7. The molecule has 0 aliphatic carbocycles. The second kappa shape index (κ2) is 9.10. The van der Waals surface area contributed by atoms with Crippen molar-refractivity contribution in [1.82, 2.24) is 4.98 Å². The largest absolute Gasteiger partial charge is 0.444 e. The number of anilines is 3. The summed E-state index contributed by atoms with van der Waals surface area (Å²) in [6, 6.07) is 11.3. The van der Waals surface area contributed by atoms with E-state index in [1.54, 1.807) is 69.0 Å². The Bertz CT molecular complexity index is 1400. The quantitative estimate of drug-likeness (QED) is 0.579. The molecule has 1 aliphatic heterocycles. The van der Waals surface area contributed by atoms with Gasteiger partial charge >= 0.3 is 11.7 Å². The van der Waals surface area contributed by atoms with Crippen LogP contribution in [0, 0.1) is 18.3 Å². The highest BCUT2D eigenvalue weighted by atomic mass is 16.6. The van der Waals surface area contributed by atoms with Gasteiger partial charge in [0.15, 0.2) is 0 Å². The molecule has 1 atom stereocenters. The lowest BCUT2D eigenvalue weighted by atomic mass is 10.1. The number of hydrogen-bond donors (Lipinski definition) is 2. The number of carbonyl (C=O) groups is 2. The number of rotatable bonds is 4. The molecule has 4 rings (SSSR count). The van der Waals surface area contributed by atoms with Gasteiger partial charge in [0.05, 0.1) is 22.5 Å². The number of hydrogen-bond acceptors (Lipinski definition) is 8. The molecule has 180 valence electrons. The fourth-order valence-corrected chi connectivity index (χ4v) is 3.87. The van der Waals surface area contributed by atoms with Crippen LogP contribution in [0.15, 0.2) is 45.6 Å². The molecule has 1 fully saturated rings. The Morgan fingerprint density at radius 3 is 2.57 bits per heavy atom. The first-order chi connectivity index (χ1) is 16.6. The number of nitrogens with one attached hydrogen (secondary N) is 2. The SMILES string of the molecule is Cc1c(NC(=O)OC(C)(C)C)ccc2nc(N[C@H]3CCN(c4ccc(C#N)cc4)C3=O)oc(=O)c12. The molecule has 10 heteroatoms. The van der Waals surface area contributed by atoms with Gasteiger partial charge in [0, 0.05) is 17.9 Å². The molecule has 2 heterocycles. The van der Waals surface area contributed by atoms with Gasteiger partial charge in [-0.15, -0.1) is 0 Å². The zero-order valence-electron chi connectivity index (χ0n) is 19.8. The number of nitrogens with zero attached hydrogens (tertiary/aromatic N) is 3. The van der Waals surface area contributed by atoms with Crippen LogP contribution in [-0.4, -0.2) is 35.2 Å². The molecule has 2 N–H and O–H groups in total. The highest BCUT2D eigenvalue weighted by Gasteiger charge is 2.33. The molecule has 2 aromatic carbocycles. The van der Waals surface area contributed by atoms with Crippen molar-refractivity contribution in [3.63, 3.8) is 0 Å². The third-order valence-corrected chi connectivity index (χ3v) is 5.51. The van der Waals surface area contributed by atoms with E-state index in [0.717, 1.165) is 0 Å². The number of aromatic nitrogens is 1. The van der Waals surface area contributed by atoms with Gasteiger partial charge in [-0.2, -0.15) is 10.2 Å². The fourth-order valence-electron chi connectivity index (χ4n) is 3.87. The highest BCUT2D eigenvalue weighted by Crippen LogP contribution is 2.26. The predicted molar refractivity (Wildman–Crippen MR) is 130 cm³/mol. The first-order valence-electron chi connectivity index (χ1n) is 11.1. The number of ether oxygens (including phenoxy) is 1. The second-order valence-electron chi connectivity index (χ2n) is 9.20. The Morgan fingerprint density at radius 2 is 1.91 bits per heavy atom. The van der Waals surface area contributed by atoms with E-state index in [1.165, 1.54) is 0 Å². The minimum absolute atomic E-state index is 0.0604. The van der Waals surface area contributed by atoms with E-state index in [-0.39, 0.29) is 17.3 Å². The van der Waals surface area contributed by atoms with Crippen molar-refractivity contribution in [3.05, 3.63) is 57.9 Å². The van der Waals surface area contributed by atoms with Crippen molar-refractivity contribution in [2.24, 2.45) is 0 Å². The van der Waals surface area contributed by atoms with Crippen molar-refractivity contribution in [2.75, 3.05) is 22.1 Å². The van der Waals surface area contributed by atoms with E-state index in [0.29, 0.717) is 41.0 Å². The number of fused-ring (bicyclic) bond motifs is 1. The maximum Gasteiger partial charge on any atom is 0.412 e. The zero-order valence-corrected chi connectivity index (χ0v) is 19.8. The number of aryl methyl sites for hydroxylation is 1. The Kier molecular flexibility index (Phi) is 6.18. The van der Waals surface area contributed by atoms with Crippen LogP contribution in [0.2, 0.25) is 0 Å².